The van der Waals surface area contributed by atoms with Crippen molar-refractivity contribution in [3.63, 3.8) is 0 Å². The van der Waals surface area contributed by atoms with E-state index in [2.05, 4.69) is 40.3 Å². The fourth-order valence-electron chi connectivity index (χ4n) is 4.24. The molecule has 40 heavy (non-hydrogen) atoms. The Labute approximate surface area is 287 Å². The molecule has 0 aromatic carbocycles. The Hall–Kier alpha value is 1.34. The minimum atomic E-state index is -0.265. The first-order chi connectivity index (χ1) is 19.0. The van der Waals surface area contributed by atoms with Gasteiger partial charge in [-0.05, 0) is 12.3 Å². The summed E-state index contributed by atoms with van der Waals surface area (Å²) in [4.78, 5) is 10.6. The fourth-order valence-corrected chi connectivity index (χ4v) is 4.73. The third kappa shape index (κ3) is 55.3. The summed E-state index contributed by atoms with van der Waals surface area (Å²) in [5.41, 5.74) is 0. The van der Waals surface area contributed by atoms with E-state index in [0.29, 0.717) is 6.61 Å². The number of carbonyl (C=O) groups is 1. The van der Waals surface area contributed by atoms with Crippen LogP contribution in [0.25, 0.3) is 0 Å². The van der Waals surface area contributed by atoms with Gasteiger partial charge in [0, 0.05) is 0 Å². The molecule has 0 fully saturated rings. The molecule has 0 amide bonds. The molecular weight excluding hydrogens is 658 g/mol. The molecule has 0 heterocycles. The predicted octanol–water partition coefficient (Wildman–Crippen LogP) is 10.8. The second-order valence-electron chi connectivity index (χ2n) is 11.4. The van der Waals surface area contributed by atoms with Gasteiger partial charge in [-0.1, -0.05) is 181 Å². The quantitative estimate of drug-likeness (QED) is 0.0363. The van der Waals surface area contributed by atoms with Gasteiger partial charge >= 0.3 is 24.4 Å². The van der Waals surface area contributed by atoms with Crippen molar-refractivity contribution in [1.29, 1.82) is 0 Å². The van der Waals surface area contributed by atoms with Crippen molar-refractivity contribution in [1.82, 2.24) is 0 Å². The summed E-state index contributed by atoms with van der Waals surface area (Å²) in [6, 6.07) is 0. The SMILES string of the molecule is CC(C)CCCCCOC(=O)C[S-].CCCCCCCCCCCC[S-].CCCCCCCCCCCC[S-].[Sb+3]. The minimum absolute atomic E-state index is 0. The van der Waals surface area contributed by atoms with Gasteiger partial charge in [0.05, 0.1) is 6.61 Å². The van der Waals surface area contributed by atoms with Crippen molar-refractivity contribution in [2.24, 2.45) is 5.92 Å². The topological polar surface area (TPSA) is 26.3 Å². The molecule has 0 atom stereocenters. The molecule has 0 N–H and O–H groups in total. The Morgan fingerprint density at radius 1 is 0.525 bits per heavy atom. The van der Waals surface area contributed by atoms with E-state index < -0.39 is 0 Å². The molecule has 0 bridgehead atoms. The van der Waals surface area contributed by atoms with Crippen LogP contribution in [0.3, 0.4) is 0 Å². The number of carbonyl (C=O) groups excluding carboxylic acids is 1. The molecule has 0 spiro atoms. The second kappa shape index (κ2) is 47.3. The summed E-state index contributed by atoms with van der Waals surface area (Å²) in [7, 11) is 0. The Balaban J connectivity index is -0.000000240. The average molecular weight is 728 g/mol. The first kappa shape index (κ1) is 48.2. The van der Waals surface area contributed by atoms with E-state index in [1.807, 2.05) is 0 Å². The summed E-state index contributed by atoms with van der Waals surface area (Å²) < 4.78 is 4.86. The van der Waals surface area contributed by atoms with Crippen LogP contribution in [-0.4, -0.2) is 54.3 Å². The van der Waals surface area contributed by atoms with Gasteiger partial charge in [-0.25, -0.2) is 0 Å². The van der Waals surface area contributed by atoms with E-state index in [1.165, 1.54) is 141 Å². The maximum Gasteiger partial charge on any atom is 3.00 e. The molecule has 0 saturated carbocycles. The standard InChI is InChI=1S/2C12H26S.C10H20O2S.Sb/c2*1-2-3-4-5-6-7-8-9-10-11-12-13;1-9(2)6-4-3-5-7-12-10(11)8-13;/h2*13H,2-12H2,1H3;9,13H,3-8H2,1-2H3;/q;;;+3/p-3. The summed E-state index contributed by atoms with van der Waals surface area (Å²) in [6.07, 6.45) is 32.7. The van der Waals surface area contributed by atoms with E-state index in [0.717, 1.165) is 30.3 Å². The molecule has 6 heteroatoms. The monoisotopic (exact) mass is 726 g/mol. The average Bonchev–Trinajstić information content (AvgIpc) is 2.93. The fraction of sp³-hybridized carbons (Fsp3) is 0.971. The number of hydrogen-bond acceptors (Lipinski definition) is 5. The molecule has 0 saturated heterocycles. The first-order valence-corrected chi connectivity index (χ1v) is 18.6. The normalized spacial score (nSPS) is 10.3. The second-order valence-corrected chi connectivity index (χ2v) is 12.5. The van der Waals surface area contributed by atoms with Crippen LogP contribution in [0.4, 0.5) is 0 Å². The zero-order valence-corrected chi connectivity index (χ0v) is 32.4. The van der Waals surface area contributed by atoms with Gasteiger partial charge in [0.2, 0.25) is 0 Å². The predicted molar refractivity (Wildman–Crippen MR) is 190 cm³/mol. The van der Waals surface area contributed by atoms with E-state index in [-0.39, 0.29) is 36.2 Å². The zero-order valence-electron chi connectivity index (χ0n) is 27.4. The van der Waals surface area contributed by atoms with Crippen molar-refractivity contribution in [3.8, 4) is 0 Å². The number of ether oxygens (including phenoxy) is 1. The van der Waals surface area contributed by atoms with Crippen LogP contribution < -0.4 is 0 Å². The van der Waals surface area contributed by atoms with Crippen LogP contribution in [0.2, 0.25) is 0 Å². The number of hydrogen-bond donors (Lipinski definition) is 0. The largest absolute Gasteiger partial charge is 3.00 e. The van der Waals surface area contributed by atoms with Gasteiger partial charge in [-0.2, -0.15) is 11.5 Å². The number of esters is 1. The van der Waals surface area contributed by atoms with Crippen molar-refractivity contribution in [3.05, 3.63) is 0 Å². The van der Waals surface area contributed by atoms with Gasteiger partial charge in [-0.3, -0.25) is 4.79 Å². The van der Waals surface area contributed by atoms with Crippen LogP contribution in [-0.2, 0) is 47.4 Å². The molecule has 0 unspecified atom stereocenters. The summed E-state index contributed by atoms with van der Waals surface area (Å²) in [5.74, 6) is 2.49. The van der Waals surface area contributed by atoms with Crippen molar-refractivity contribution in [2.75, 3.05) is 23.9 Å². The van der Waals surface area contributed by atoms with Crippen LogP contribution in [0.5, 0.6) is 0 Å². The van der Waals surface area contributed by atoms with Gasteiger partial charge in [0.15, 0.2) is 0 Å². The van der Waals surface area contributed by atoms with E-state index in [4.69, 9.17) is 30.0 Å². The van der Waals surface area contributed by atoms with Gasteiger partial charge < -0.3 is 42.6 Å². The van der Waals surface area contributed by atoms with Crippen LogP contribution in [0, 0.1) is 5.92 Å². The Morgan fingerprint density at radius 3 is 1.15 bits per heavy atom. The maximum atomic E-state index is 10.6. The number of unbranched alkanes of at least 4 members (excludes halogenated alkanes) is 20. The van der Waals surface area contributed by atoms with Crippen molar-refractivity contribution < 1.29 is 9.53 Å². The van der Waals surface area contributed by atoms with Crippen LogP contribution in [0.15, 0.2) is 0 Å². The van der Waals surface area contributed by atoms with Crippen molar-refractivity contribution >= 4 is 68.3 Å². The van der Waals surface area contributed by atoms with Crippen LogP contribution >= 0.6 is 0 Å². The Morgan fingerprint density at radius 2 is 0.850 bits per heavy atom. The molecular formula is C34H69O2S3Sb. The first-order valence-electron chi connectivity index (χ1n) is 16.9. The Bertz CT molecular complexity index is 384. The maximum absolute atomic E-state index is 10.6. The van der Waals surface area contributed by atoms with Gasteiger partial charge in [0.25, 0.3) is 5.97 Å². The molecule has 0 aliphatic rings. The van der Waals surface area contributed by atoms with Crippen molar-refractivity contribution in [2.45, 2.75) is 182 Å². The van der Waals surface area contributed by atoms with Gasteiger partial charge in [0.1, 0.15) is 0 Å². The molecule has 2 radical (unpaired) electrons. The molecule has 0 aromatic rings. The van der Waals surface area contributed by atoms with Crippen LogP contribution in [0.1, 0.15) is 182 Å². The van der Waals surface area contributed by atoms with E-state index in [9.17, 15) is 4.79 Å². The minimum Gasteiger partial charge on any atom is -0.793 e. The smallest absolute Gasteiger partial charge is 0.793 e. The summed E-state index contributed by atoms with van der Waals surface area (Å²) >= 11 is 14.3. The van der Waals surface area contributed by atoms with E-state index in [1.54, 1.807) is 0 Å². The molecule has 240 valence electrons. The summed E-state index contributed by atoms with van der Waals surface area (Å²) in [5, 5.41) is 0. The molecule has 0 aliphatic carbocycles. The molecule has 0 rings (SSSR count). The van der Waals surface area contributed by atoms with E-state index >= 15 is 0 Å². The van der Waals surface area contributed by atoms with Gasteiger partial charge in [-0.15, -0.1) is 0 Å². The zero-order chi connectivity index (χ0) is 29.7. The third-order valence-electron chi connectivity index (χ3n) is 6.80. The summed E-state index contributed by atoms with van der Waals surface area (Å²) in [6.45, 7) is 9.52. The molecule has 0 aromatic heterocycles. The number of rotatable bonds is 27. The molecule has 2 nitrogen and oxygen atoms in total. The Kier molecular flexibility index (Phi) is 57.0. The molecule has 0 aliphatic heterocycles. The third-order valence-corrected chi connectivity index (χ3v) is 7.62.